The first-order valence-corrected chi connectivity index (χ1v) is 17.1. The first-order valence-electron chi connectivity index (χ1n) is 14.8. The Morgan fingerprint density at radius 2 is 1.48 bits per heavy atom. The molecule has 1 aliphatic rings. The fourth-order valence-electron chi connectivity index (χ4n) is 4.90. The molecular weight excluding hydrogens is 654 g/mol. The van der Waals surface area contributed by atoms with Crippen LogP contribution >= 0.6 is 11.8 Å². The van der Waals surface area contributed by atoms with Crippen LogP contribution < -0.4 is 44.3 Å². The van der Waals surface area contributed by atoms with Crippen LogP contribution in [0.1, 0.15) is 29.2 Å². The van der Waals surface area contributed by atoms with Gasteiger partial charge in [0, 0.05) is 5.56 Å². The number of fused-ring (bicyclic) bond motifs is 1. The minimum absolute atomic E-state index is 0. The fraction of sp³-hybridized carbons (Fsp3) is 0.108. The number of nitrogens with zero attached hydrogens (tertiary/aromatic N) is 1. The Morgan fingerprint density at radius 1 is 0.875 bits per heavy atom. The molecule has 8 nitrogen and oxygen atoms in total. The van der Waals surface area contributed by atoms with Gasteiger partial charge in [0.1, 0.15) is 12.4 Å². The Labute approximate surface area is 307 Å². The van der Waals surface area contributed by atoms with Gasteiger partial charge in [-0.15, -0.1) is 0 Å². The van der Waals surface area contributed by atoms with Crippen LogP contribution in [0.2, 0.25) is 0 Å². The van der Waals surface area contributed by atoms with Crippen LogP contribution in [-0.4, -0.2) is 25.4 Å². The molecule has 2 N–H and O–H groups in total. The fourth-order valence-corrected chi connectivity index (χ4v) is 6.71. The number of nitrogens with one attached hydrogen (secondary N) is 2. The predicted octanol–water partition coefficient (Wildman–Crippen LogP) is 4.09. The van der Waals surface area contributed by atoms with Crippen molar-refractivity contribution in [2.45, 2.75) is 31.8 Å². The molecule has 1 saturated heterocycles. The first kappa shape index (κ1) is 35.1. The zero-order valence-electron chi connectivity index (χ0n) is 27.7. The maximum absolute atomic E-state index is 13.0. The molecule has 6 rings (SSSR count). The quantitative estimate of drug-likeness (QED) is 0.179. The molecule has 5 aromatic rings. The molecule has 0 atom stereocenters. The standard InChI is InChI=1S/C37H31N3O5S2.Na.H/c1-24-7-11-27(12-8-24)23-45-33-21-29-6-4-3-5-28(29)20-30(33)22-34-36(42)39-37(46-34)38-31-15-13-26(14-16-31)19-35(41)40-47(43,44)32-17-9-25(2)10-18-32;;/h3-18,20-22H,19,23H2,1-2H3,(H,40,41)(H,38,39,42);;/q;+1;-1. The van der Waals surface area contributed by atoms with E-state index in [1.54, 1.807) is 36.4 Å². The number of amidine groups is 1. The predicted molar refractivity (Wildman–Crippen MR) is 188 cm³/mol. The van der Waals surface area contributed by atoms with Crippen LogP contribution in [0.3, 0.4) is 0 Å². The smallest absolute Gasteiger partial charge is 1.00 e. The number of benzene rings is 5. The summed E-state index contributed by atoms with van der Waals surface area (Å²) in [6, 6.07) is 33.2. The van der Waals surface area contributed by atoms with E-state index in [9.17, 15) is 18.0 Å². The molecule has 0 aromatic heterocycles. The molecule has 2 amide bonds. The van der Waals surface area contributed by atoms with E-state index in [1.165, 1.54) is 29.5 Å². The van der Waals surface area contributed by atoms with Gasteiger partial charge in [-0.05, 0) is 90.0 Å². The first-order chi connectivity index (χ1) is 22.6. The van der Waals surface area contributed by atoms with Crippen molar-refractivity contribution in [3.05, 3.63) is 142 Å². The van der Waals surface area contributed by atoms with E-state index in [2.05, 4.69) is 15.0 Å². The van der Waals surface area contributed by atoms with Crippen molar-refractivity contribution in [3.8, 4) is 5.75 Å². The van der Waals surface area contributed by atoms with E-state index >= 15 is 0 Å². The Bertz CT molecular complexity index is 2150. The van der Waals surface area contributed by atoms with Crippen molar-refractivity contribution >= 4 is 61.3 Å². The van der Waals surface area contributed by atoms with Crippen LogP contribution in [-0.2, 0) is 32.6 Å². The van der Waals surface area contributed by atoms with Gasteiger partial charge in [0.05, 0.1) is 21.9 Å². The van der Waals surface area contributed by atoms with E-state index in [4.69, 9.17) is 4.74 Å². The number of thioether (sulfide) groups is 1. The number of amides is 2. The van der Waals surface area contributed by atoms with Crippen molar-refractivity contribution in [3.63, 3.8) is 0 Å². The Kier molecular flexibility index (Phi) is 11.2. The number of aliphatic imine (C=N–C) groups is 1. The van der Waals surface area contributed by atoms with Crippen LogP contribution in [0, 0.1) is 13.8 Å². The summed E-state index contributed by atoms with van der Waals surface area (Å²) in [5.74, 6) is -0.245. The van der Waals surface area contributed by atoms with Gasteiger partial charge >= 0.3 is 29.6 Å². The average Bonchev–Trinajstić information content (AvgIpc) is 3.39. The van der Waals surface area contributed by atoms with Gasteiger partial charge < -0.3 is 11.5 Å². The van der Waals surface area contributed by atoms with Crippen LogP contribution in [0.4, 0.5) is 5.69 Å². The van der Waals surface area contributed by atoms with Crippen molar-refractivity contribution in [2.24, 2.45) is 4.99 Å². The minimum atomic E-state index is -3.96. The zero-order valence-corrected chi connectivity index (χ0v) is 30.3. The number of carbonyl (C=O) groups is 2. The van der Waals surface area contributed by atoms with Crippen molar-refractivity contribution in [1.29, 1.82) is 0 Å². The molecule has 1 aliphatic heterocycles. The van der Waals surface area contributed by atoms with Gasteiger partial charge in [-0.3, -0.25) is 9.59 Å². The number of hydrogen-bond donors (Lipinski definition) is 2. The third-order valence-corrected chi connectivity index (χ3v) is 9.74. The van der Waals surface area contributed by atoms with E-state index in [0.717, 1.165) is 27.5 Å². The summed E-state index contributed by atoms with van der Waals surface area (Å²) < 4.78 is 33.4. The summed E-state index contributed by atoms with van der Waals surface area (Å²) >= 11 is 1.22. The number of rotatable bonds is 9. The number of hydrogen-bond acceptors (Lipinski definition) is 7. The normalized spacial score (nSPS) is 14.5. The summed E-state index contributed by atoms with van der Waals surface area (Å²) in [5.41, 5.74) is 5.10. The Morgan fingerprint density at radius 3 is 2.15 bits per heavy atom. The van der Waals surface area contributed by atoms with Crippen LogP contribution in [0.25, 0.3) is 16.8 Å². The molecule has 0 radical (unpaired) electrons. The molecule has 0 spiro atoms. The molecule has 48 heavy (non-hydrogen) atoms. The number of ether oxygens (including phenoxy) is 1. The molecule has 0 saturated carbocycles. The molecule has 0 aliphatic carbocycles. The third kappa shape index (κ3) is 8.83. The molecule has 238 valence electrons. The van der Waals surface area contributed by atoms with Gasteiger partial charge in [-0.1, -0.05) is 83.9 Å². The summed E-state index contributed by atoms with van der Waals surface area (Å²) in [6.07, 6.45) is 1.69. The summed E-state index contributed by atoms with van der Waals surface area (Å²) in [4.78, 5) is 30.5. The Balaban J connectivity index is 0.00000270. The van der Waals surface area contributed by atoms with Crippen molar-refractivity contribution < 1.29 is 53.7 Å². The number of sulfonamides is 1. The molecule has 11 heteroatoms. The summed E-state index contributed by atoms with van der Waals surface area (Å²) in [6.45, 7) is 4.28. The van der Waals surface area contributed by atoms with Crippen LogP contribution in [0.15, 0.2) is 124 Å². The minimum Gasteiger partial charge on any atom is -1.00 e. The van der Waals surface area contributed by atoms with Gasteiger partial charge in [0.2, 0.25) is 5.91 Å². The topological polar surface area (TPSA) is 114 Å². The second-order valence-electron chi connectivity index (χ2n) is 11.2. The second kappa shape index (κ2) is 15.4. The van der Waals surface area contributed by atoms with E-state index < -0.39 is 15.9 Å². The summed E-state index contributed by atoms with van der Waals surface area (Å²) in [5, 5.41) is 5.30. The number of aryl methyl sites for hydroxylation is 2. The molecule has 1 heterocycles. The zero-order chi connectivity index (χ0) is 33.0. The average molecular weight is 686 g/mol. The molecule has 0 unspecified atom stereocenters. The van der Waals surface area contributed by atoms with Gasteiger partial charge in [0.15, 0.2) is 5.17 Å². The van der Waals surface area contributed by atoms with E-state index in [-0.39, 0.29) is 48.2 Å². The SMILES string of the molecule is Cc1ccc(COc2cc3ccccc3cc2C=C2SC(=Nc3ccc(CC(=O)NS(=O)(=O)c4ccc(C)cc4)cc3)NC2=O)cc1.[H-].[Na+]. The van der Waals surface area contributed by atoms with Gasteiger partial charge in [-0.25, -0.2) is 18.1 Å². The molecule has 1 fully saturated rings. The van der Waals surface area contributed by atoms with Crippen LogP contribution in [0.5, 0.6) is 5.75 Å². The van der Waals surface area contributed by atoms with Gasteiger partial charge in [-0.2, -0.15) is 0 Å². The maximum Gasteiger partial charge on any atom is 1.00 e. The molecular formula is C37H32N3NaO5S2. The Hall–Kier alpha value is -4.19. The monoisotopic (exact) mass is 685 g/mol. The number of carbonyl (C=O) groups excluding carboxylic acids is 2. The molecule has 0 bridgehead atoms. The van der Waals surface area contributed by atoms with E-state index in [1.807, 2.05) is 80.6 Å². The maximum atomic E-state index is 13.0. The van der Waals surface area contributed by atoms with E-state index in [0.29, 0.717) is 33.7 Å². The second-order valence-corrected chi connectivity index (χ2v) is 13.9. The molecule has 5 aromatic carbocycles. The largest absolute Gasteiger partial charge is 1.00 e. The van der Waals surface area contributed by atoms with Crippen molar-refractivity contribution in [1.82, 2.24) is 10.0 Å². The summed E-state index contributed by atoms with van der Waals surface area (Å²) in [7, 11) is -3.96. The van der Waals surface area contributed by atoms with Gasteiger partial charge in [0.25, 0.3) is 15.9 Å². The third-order valence-electron chi connectivity index (χ3n) is 7.44. The van der Waals surface area contributed by atoms with Crippen molar-refractivity contribution in [2.75, 3.05) is 0 Å².